The van der Waals surface area contributed by atoms with Gasteiger partial charge in [-0.05, 0) is 37.3 Å². The van der Waals surface area contributed by atoms with E-state index in [0.29, 0.717) is 5.69 Å². The van der Waals surface area contributed by atoms with E-state index in [1.54, 1.807) is 12.1 Å². The number of amides is 1. The van der Waals surface area contributed by atoms with Gasteiger partial charge in [0.25, 0.3) is 0 Å². The Hall–Kier alpha value is -3.15. The Morgan fingerprint density at radius 3 is 2.74 bits per heavy atom. The molecule has 0 atom stereocenters. The van der Waals surface area contributed by atoms with Crippen LogP contribution in [0.4, 0.5) is 5.69 Å². The summed E-state index contributed by atoms with van der Waals surface area (Å²) in [6, 6.07) is 13.8. The number of hydrogen-bond donors (Lipinski definition) is 2. The summed E-state index contributed by atoms with van der Waals surface area (Å²) in [6.07, 6.45) is 0. The molecule has 0 aliphatic heterocycles. The first-order chi connectivity index (χ1) is 11.0. The van der Waals surface area contributed by atoms with Crippen LogP contribution in [-0.2, 0) is 11.3 Å². The lowest BCUT2D eigenvalue weighted by molar-refractivity contribution is -0.116. The number of anilines is 1. The summed E-state index contributed by atoms with van der Waals surface area (Å²) in [5, 5.41) is 11.7. The number of aryl methyl sites for hydroxylation is 1. The minimum atomic E-state index is -1.03. The van der Waals surface area contributed by atoms with Crippen molar-refractivity contribution >= 4 is 28.6 Å². The molecule has 3 aromatic rings. The van der Waals surface area contributed by atoms with Crippen LogP contribution in [0.15, 0.2) is 48.5 Å². The van der Waals surface area contributed by atoms with Crippen LogP contribution in [0.3, 0.4) is 0 Å². The second-order valence-corrected chi connectivity index (χ2v) is 5.17. The molecule has 0 bridgehead atoms. The number of benzene rings is 2. The Morgan fingerprint density at radius 1 is 1.17 bits per heavy atom. The van der Waals surface area contributed by atoms with Crippen molar-refractivity contribution in [2.24, 2.45) is 0 Å². The Bertz CT molecular complexity index is 899. The topological polar surface area (TPSA) is 84.2 Å². The minimum absolute atomic E-state index is 0.115. The predicted octanol–water partition coefficient (Wildman–Crippen LogP) is 2.68. The first-order valence-electron chi connectivity index (χ1n) is 7.09. The molecule has 0 saturated carbocycles. The lowest BCUT2D eigenvalue weighted by atomic mass is 10.2. The molecule has 0 fully saturated rings. The van der Waals surface area contributed by atoms with Gasteiger partial charge in [-0.2, -0.15) is 0 Å². The van der Waals surface area contributed by atoms with Crippen LogP contribution in [0.1, 0.15) is 16.2 Å². The predicted molar refractivity (Wildman–Crippen MR) is 86.5 cm³/mol. The molecule has 0 spiro atoms. The number of nitrogens with zero attached hydrogens (tertiary/aromatic N) is 2. The van der Waals surface area contributed by atoms with Gasteiger partial charge < -0.3 is 15.0 Å². The van der Waals surface area contributed by atoms with Crippen molar-refractivity contribution in [1.82, 2.24) is 9.55 Å². The van der Waals surface area contributed by atoms with Gasteiger partial charge in [-0.15, -0.1) is 0 Å². The average Bonchev–Trinajstić information content (AvgIpc) is 2.83. The van der Waals surface area contributed by atoms with Crippen LogP contribution in [0, 0.1) is 6.92 Å². The summed E-state index contributed by atoms with van der Waals surface area (Å²) in [4.78, 5) is 27.6. The van der Waals surface area contributed by atoms with Crippen molar-refractivity contribution in [2.75, 3.05) is 5.32 Å². The smallest absolute Gasteiger partial charge is 0.335 e. The third-order valence-corrected chi connectivity index (χ3v) is 3.54. The molecule has 1 heterocycles. The fraction of sp³-hybridized carbons (Fsp3) is 0.118. The van der Waals surface area contributed by atoms with Crippen LogP contribution >= 0.6 is 0 Å². The molecule has 6 nitrogen and oxygen atoms in total. The van der Waals surface area contributed by atoms with E-state index >= 15 is 0 Å². The summed E-state index contributed by atoms with van der Waals surface area (Å²) < 4.78 is 1.83. The molecule has 3 rings (SSSR count). The van der Waals surface area contributed by atoms with Crippen LogP contribution in [0.5, 0.6) is 0 Å². The molecular weight excluding hydrogens is 294 g/mol. The second-order valence-electron chi connectivity index (χ2n) is 5.17. The molecule has 0 unspecified atom stereocenters. The molecular formula is C17H15N3O3. The molecule has 0 aliphatic rings. The lowest BCUT2D eigenvalue weighted by Crippen LogP contribution is -2.19. The van der Waals surface area contributed by atoms with Gasteiger partial charge in [0.2, 0.25) is 5.91 Å². The number of imidazole rings is 1. The Morgan fingerprint density at radius 2 is 1.96 bits per heavy atom. The van der Waals surface area contributed by atoms with Gasteiger partial charge >= 0.3 is 5.97 Å². The molecule has 0 aliphatic carbocycles. The van der Waals surface area contributed by atoms with E-state index in [-0.39, 0.29) is 18.0 Å². The fourth-order valence-corrected chi connectivity index (χ4v) is 2.47. The standard InChI is InChI=1S/C17H15N3O3/c1-11-18-14-7-2-3-8-15(14)20(11)10-16(21)19-13-6-4-5-12(9-13)17(22)23/h2-9H,10H2,1H3,(H,19,21)(H,22,23). The van der Waals surface area contributed by atoms with E-state index in [1.807, 2.05) is 35.8 Å². The number of aromatic nitrogens is 2. The van der Waals surface area contributed by atoms with Gasteiger partial charge in [0.05, 0.1) is 16.6 Å². The fourth-order valence-electron chi connectivity index (χ4n) is 2.47. The third kappa shape index (κ3) is 3.06. The number of carboxylic acid groups (broad SMARTS) is 1. The largest absolute Gasteiger partial charge is 0.478 e. The van der Waals surface area contributed by atoms with Crippen LogP contribution in [-0.4, -0.2) is 26.5 Å². The summed E-state index contributed by atoms with van der Waals surface area (Å²) in [6.45, 7) is 1.96. The molecule has 0 radical (unpaired) electrons. The molecule has 2 aromatic carbocycles. The van der Waals surface area contributed by atoms with Crippen molar-refractivity contribution in [3.8, 4) is 0 Å². The highest BCUT2D eigenvalue weighted by Crippen LogP contribution is 2.16. The van der Waals surface area contributed by atoms with E-state index in [1.165, 1.54) is 12.1 Å². The maximum absolute atomic E-state index is 12.2. The zero-order valence-electron chi connectivity index (χ0n) is 12.5. The van der Waals surface area contributed by atoms with Gasteiger partial charge in [-0.3, -0.25) is 4.79 Å². The van der Waals surface area contributed by atoms with Gasteiger partial charge in [-0.1, -0.05) is 18.2 Å². The van der Waals surface area contributed by atoms with Gasteiger partial charge in [0, 0.05) is 5.69 Å². The normalized spacial score (nSPS) is 10.7. The van der Waals surface area contributed by atoms with Gasteiger partial charge in [0.15, 0.2) is 0 Å². The van der Waals surface area contributed by atoms with E-state index in [9.17, 15) is 9.59 Å². The molecule has 23 heavy (non-hydrogen) atoms. The van der Waals surface area contributed by atoms with Gasteiger partial charge in [0.1, 0.15) is 12.4 Å². The SMILES string of the molecule is Cc1nc2ccccc2n1CC(=O)Nc1cccc(C(=O)O)c1. The molecule has 0 saturated heterocycles. The first-order valence-corrected chi connectivity index (χ1v) is 7.09. The van der Waals surface area contributed by atoms with E-state index in [2.05, 4.69) is 10.3 Å². The summed E-state index contributed by atoms with van der Waals surface area (Å²) in [5.74, 6) is -0.517. The summed E-state index contributed by atoms with van der Waals surface area (Å²) in [7, 11) is 0. The van der Waals surface area contributed by atoms with Crippen molar-refractivity contribution in [3.05, 3.63) is 59.9 Å². The van der Waals surface area contributed by atoms with Gasteiger partial charge in [-0.25, -0.2) is 9.78 Å². The number of nitrogens with one attached hydrogen (secondary N) is 1. The highest BCUT2D eigenvalue weighted by molar-refractivity contribution is 5.94. The van der Waals surface area contributed by atoms with Crippen molar-refractivity contribution in [2.45, 2.75) is 13.5 Å². The first kappa shape index (κ1) is 14.8. The maximum atomic E-state index is 12.2. The highest BCUT2D eigenvalue weighted by Gasteiger charge is 2.11. The molecule has 6 heteroatoms. The maximum Gasteiger partial charge on any atom is 0.335 e. The number of para-hydroxylation sites is 2. The second kappa shape index (κ2) is 5.92. The van der Waals surface area contributed by atoms with Crippen molar-refractivity contribution in [1.29, 1.82) is 0 Å². The number of carbonyl (C=O) groups is 2. The zero-order chi connectivity index (χ0) is 16.4. The zero-order valence-corrected chi connectivity index (χ0v) is 12.5. The van der Waals surface area contributed by atoms with Crippen molar-refractivity contribution < 1.29 is 14.7 Å². The average molecular weight is 309 g/mol. The van der Waals surface area contributed by atoms with Crippen LogP contribution < -0.4 is 5.32 Å². The molecule has 1 aromatic heterocycles. The number of fused-ring (bicyclic) bond motifs is 1. The molecule has 1 amide bonds. The molecule has 116 valence electrons. The van der Waals surface area contributed by atoms with Crippen LogP contribution in [0.2, 0.25) is 0 Å². The number of aromatic carboxylic acids is 1. The molecule has 2 N–H and O–H groups in total. The Labute approximate surface area is 132 Å². The number of hydrogen-bond acceptors (Lipinski definition) is 3. The van der Waals surface area contributed by atoms with Crippen molar-refractivity contribution in [3.63, 3.8) is 0 Å². The minimum Gasteiger partial charge on any atom is -0.478 e. The quantitative estimate of drug-likeness (QED) is 0.776. The van der Waals surface area contributed by atoms with E-state index < -0.39 is 5.97 Å². The number of carbonyl (C=O) groups excluding carboxylic acids is 1. The number of rotatable bonds is 4. The monoisotopic (exact) mass is 309 g/mol. The Kier molecular flexibility index (Phi) is 3.80. The number of carboxylic acids is 1. The highest BCUT2D eigenvalue weighted by atomic mass is 16.4. The third-order valence-electron chi connectivity index (χ3n) is 3.54. The summed E-state index contributed by atoms with van der Waals surface area (Å²) in [5.41, 5.74) is 2.31. The summed E-state index contributed by atoms with van der Waals surface area (Å²) >= 11 is 0. The Balaban J connectivity index is 1.80. The lowest BCUT2D eigenvalue weighted by Gasteiger charge is -2.09. The van der Waals surface area contributed by atoms with E-state index in [4.69, 9.17) is 5.11 Å². The van der Waals surface area contributed by atoms with E-state index in [0.717, 1.165) is 16.9 Å². The van der Waals surface area contributed by atoms with Crippen LogP contribution in [0.25, 0.3) is 11.0 Å².